The van der Waals surface area contributed by atoms with Gasteiger partial charge in [0.05, 0.1) is 24.9 Å². The van der Waals surface area contributed by atoms with Crippen molar-refractivity contribution >= 4 is 23.2 Å². The number of piperidine rings is 1. The van der Waals surface area contributed by atoms with Gasteiger partial charge in [0.2, 0.25) is 0 Å². The van der Waals surface area contributed by atoms with Gasteiger partial charge in [0, 0.05) is 43.2 Å². The molecule has 2 N–H and O–H groups in total. The Bertz CT molecular complexity index is 1020. The number of ether oxygens (including phenoxy) is 2. The minimum Gasteiger partial charge on any atom is -0.496 e. The first-order valence-electron chi connectivity index (χ1n) is 9.98. The van der Waals surface area contributed by atoms with Crippen molar-refractivity contribution < 1.29 is 27.8 Å². The predicted molar refractivity (Wildman–Crippen MR) is 111 cm³/mol. The lowest BCUT2D eigenvalue weighted by atomic mass is 10.0. The monoisotopic (exact) mass is 431 g/mol. The molecule has 0 aliphatic carbocycles. The minimum absolute atomic E-state index is 0.0297. The van der Waals surface area contributed by atoms with E-state index in [0.717, 1.165) is 11.4 Å². The first-order chi connectivity index (χ1) is 14.8. The number of amides is 2. The Kier molecular flexibility index (Phi) is 5.43. The molecule has 7 nitrogen and oxygen atoms in total. The summed E-state index contributed by atoms with van der Waals surface area (Å²) in [5.41, 5.74) is 7.60. The highest BCUT2D eigenvalue weighted by Gasteiger charge is 2.36. The van der Waals surface area contributed by atoms with E-state index >= 15 is 0 Å². The number of benzene rings is 2. The molecule has 0 aromatic heterocycles. The molecule has 0 spiro atoms. The van der Waals surface area contributed by atoms with Crippen LogP contribution in [0, 0.1) is 0 Å². The summed E-state index contributed by atoms with van der Waals surface area (Å²) in [6, 6.07) is 10.2. The third-order valence-electron chi connectivity index (χ3n) is 5.61. The van der Waals surface area contributed by atoms with Crippen LogP contribution in [0.5, 0.6) is 11.5 Å². The fourth-order valence-corrected chi connectivity index (χ4v) is 3.89. The Morgan fingerprint density at radius 1 is 1.10 bits per heavy atom. The van der Waals surface area contributed by atoms with Gasteiger partial charge < -0.3 is 25.0 Å². The van der Waals surface area contributed by atoms with Crippen molar-refractivity contribution in [2.75, 3.05) is 38.3 Å². The molecule has 31 heavy (non-hydrogen) atoms. The Morgan fingerprint density at radius 2 is 1.84 bits per heavy atom. The number of likely N-dealkylation sites (tertiary alicyclic amines) is 1. The zero-order valence-corrected chi connectivity index (χ0v) is 17.1. The summed E-state index contributed by atoms with van der Waals surface area (Å²) in [5, 5.41) is 0. The number of alkyl halides is 2. The average Bonchev–Trinajstić information content (AvgIpc) is 2.77. The van der Waals surface area contributed by atoms with Gasteiger partial charge in [-0.25, -0.2) is 8.78 Å². The first kappa shape index (κ1) is 20.9. The van der Waals surface area contributed by atoms with E-state index in [4.69, 9.17) is 15.2 Å². The number of anilines is 2. The molecular weight excluding hydrogens is 408 g/mol. The number of fused-ring (bicyclic) bond motifs is 1. The second-order valence-corrected chi connectivity index (χ2v) is 7.58. The van der Waals surface area contributed by atoms with Crippen molar-refractivity contribution in [1.82, 2.24) is 4.90 Å². The zero-order chi connectivity index (χ0) is 22.2. The number of halogens is 2. The third kappa shape index (κ3) is 4.12. The Balaban J connectivity index is 1.59. The van der Waals surface area contributed by atoms with Gasteiger partial charge in [0.1, 0.15) is 18.1 Å². The third-order valence-corrected chi connectivity index (χ3v) is 5.61. The van der Waals surface area contributed by atoms with Crippen LogP contribution in [0.15, 0.2) is 36.4 Å². The minimum atomic E-state index is -2.71. The highest BCUT2D eigenvalue weighted by molar-refractivity contribution is 5.97. The highest BCUT2D eigenvalue weighted by Crippen LogP contribution is 2.39. The summed E-state index contributed by atoms with van der Waals surface area (Å²) in [7, 11) is 1.47. The molecule has 0 atom stereocenters. The molecule has 2 aromatic rings. The number of hydrogen-bond donors (Lipinski definition) is 1. The van der Waals surface area contributed by atoms with Crippen LogP contribution in [0.2, 0.25) is 0 Å². The van der Waals surface area contributed by atoms with Crippen LogP contribution in [0.25, 0.3) is 0 Å². The number of primary amides is 1. The standard InChI is InChI=1S/C22H23F2N3O4/c1-30-18-13-15(3-4-16(18)20(25)28)27-10-11-31-19-12-14(2-5-17(19)27)21(29)26-8-6-22(23,24)7-9-26/h2-5,12-13H,6-11H2,1H3,(H2,25,28). The molecule has 0 unspecified atom stereocenters. The van der Waals surface area contributed by atoms with E-state index in [1.54, 1.807) is 36.4 Å². The van der Waals surface area contributed by atoms with Gasteiger partial charge in [-0.1, -0.05) is 0 Å². The molecule has 2 aliphatic rings. The molecule has 0 bridgehead atoms. The largest absolute Gasteiger partial charge is 0.496 e. The van der Waals surface area contributed by atoms with Crippen LogP contribution in [-0.2, 0) is 0 Å². The van der Waals surface area contributed by atoms with Gasteiger partial charge in [0.15, 0.2) is 0 Å². The molecule has 2 aromatic carbocycles. The SMILES string of the molecule is COc1cc(N2CCOc3cc(C(=O)N4CCC(F)(F)CC4)ccc32)ccc1C(N)=O. The number of hydrogen-bond acceptors (Lipinski definition) is 5. The maximum atomic E-state index is 13.4. The summed E-state index contributed by atoms with van der Waals surface area (Å²) < 4.78 is 37.9. The number of carbonyl (C=O) groups excluding carboxylic acids is 2. The molecule has 1 saturated heterocycles. The second kappa shape index (κ2) is 8.05. The van der Waals surface area contributed by atoms with E-state index in [-0.39, 0.29) is 37.4 Å². The van der Waals surface area contributed by atoms with Gasteiger partial charge >= 0.3 is 0 Å². The van der Waals surface area contributed by atoms with Crippen LogP contribution in [-0.4, -0.2) is 56.0 Å². The molecule has 2 amide bonds. The maximum absolute atomic E-state index is 13.4. The van der Waals surface area contributed by atoms with E-state index in [1.165, 1.54) is 12.0 Å². The molecule has 4 rings (SSSR count). The molecule has 9 heteroatoms. The van der Waals surface area contributed by atoms with Crippen molar-refractivity contribution in [3.05, 3.63) is 47.5 Å². The Hall–Kier alpha value is -3.36. The van der Waals surface area contributed by atoms with Crippen molar-refractivity contribution in [2.24, 2.45) is 5.73 Å². The van der Waals surface area contributed by atoms with E-state index in [9.17, 15) is 18.4 Å². The number of nitrogens with two attached hydrogens (primary N) is 1. The fourth-order valence-electron chi connectivity index (χ4n) is 3.89. The number of nitrogens with zero attached hydrogens (tertiary/aromatic N) is 2. The summed E-state index contributed by atoms with van der Waals surface area (Å²) in [5.74, 6) is -2.68. The van der Waals surface area contributed by atoms with E-state index in [2.05, 4.69) is 0 Å². The van der Waals surface area contributed by atoms with Crippen LogP contribution >= 0.6 is 0 Å². The van der Waals surface area contributed by atoms with Crippen molar-refractivity contribution in [3.8, 4) is 11.5 Å². The lowest BCUT2D eigenvalue weighted by Gasteiger charge is -2.33. The number of rotatable bonds is 4. The number of carbonyl (C=O) groups is 2. The van der Waals surface area contributed by atoms with Gasteiger partial charge in [-0.15, -0.1) is 0 Å². The molecule has 2 heterocycles. The number of methoxy groups -OCH3 is 1. The molecule has 0 saturated carbocycles. The lowest BCUT2D eigenvalue weighted by Crippen LogP contribution is -2.42. The molecule has 2 aliphatic heterocycles. The summed E-state index contributed by atoms with van der Waals surface area (Å²) in [6.45, 7) is 1.00. The molecule has 164 valence electrons. The smallest absolute Gasteiger partial charge is 0.253 e. The summed E-state index contributed by atoms with van der Waals surface area (Å²) in [6.07, 6.45) is -0.645. The topological polar surface area (TPSA) is 85.1 Å². The van der Waals surface area contributed by atoms with Crippen molar-refractivity contribution in [3.63, 3.8) is 0 Å². The fraction of sp³-hybridized carbons (Fsp3) is 0.364. The molecular formula is C22H23F2N3O4. The van der Waals surface area contributed by atoms with E-state index in [0.29, 0.717) is 30.2 Å². The van der Waals surface area contributed by atoms with Gasteiger partial charge in [-0.3, -0.25) is 9.59 Å². The lowest BCUT2D eigenvalue weighted by molar-refractivity contribution is -0.0494. The van der Waals surface area contributed by atoms with Crippen LogP contribution in [0.1, 0.15) is 33.6 Å². The van der Waals surface area contributed by atoms with Gasteiger partial charge in [-0.2, -0.15) is 0 Å². The molecule has 0 radical (unpaired) electrons. The Morgan fingerprint density at radius 3 is 2.52 bits per heavy atom. The van der Waals surface area contributed by atoms with Gasteiger partial charge in [-0.05, 0) is 30.3 Å². The maximum Gasteiger partial charge on any atom is 0.253 e. The zero-order valence-electron chi connectivity index (χ0n) is 17.1. The highest BCUT2D eigenvalue weighted by atomic mass is 19.3. The molecule has 1 fully saturated rings. The van der Waals surface area contributed by atoms with Crippen LogP contribution in [0.3, 0.4) is 0 Å². The van der Waals surface area contributed by atoms with E-state index < -0.39 is 11.8 Å². The van der Waals surface area contributed by atoms with Gasteiger partial charge in [0.25, 0.3) is 17.7 Å². The Labute approximate surface area is 178 Å². The average molecular weight is 431 g/mol. The summed E-state index contributed by atoms with van der Waals surface area (Å²) in [4.78, 5) is 27.8. The normalized spacial score (nSPS) is 17.5. The van der Waals surface area contributed by atoms with Crippen LogP contribution in [0.4, 0.5) is 20.2 Å². The second-order valence-electron chi connectivity index (χ2n) is 7.58. The van der Waals surface area contributed by atoms with E-state index in [1.807, 2.05) is 4.90 Å². The van der Waals surface area contributed by atoms with Crippen molar-refractivity contribution in [1.29, 1.82) is 0 Å². The summed E-state index contributed by atoms with van der Waals surface area (Å²) >= 11 is 0. The predicted octanol–water partition coefficient (Wildman–Crippen LogP) is 3.20. The first-order valence-corrected chi connectivity index (χ1v) is 9.98. The van der Waals surface area contributed by atoms with Crippen molar-refractivity contribution in [2.45, 2.75) is 18.8 Å². The quantitative estimate of drug-likeness (QED) is 0.804. The van der Waals surface area contributed by atoms with Crippen LogP contribution < -0.4 is 20.1 Å².